The minimum Gasteiger partial charge on any atom is -0.496 e. The number of ketones is 1. The van der Waals surface area contributed by atoms with Gasteiger partial charge in [-0.15, -0.1) is 0 Å². The Balaban J connectivity index is 1.45. The second-order valence-corrected chi connectivity index (χ2v) is 8.73. The van der Waals surface area contributed by atoms with Crippen molar-refractivity contribution in [1.29, 1.82) is 0 Å². The van der Waals surface area contributed by atoms with E-state index in [0.717, 1.165) is 5.56 Å². The lowest BCUT2D eigenvalue weighted by molar-refractivity contribution is -0.129. The van der Waals surface area contributed by atoms with E-state index in [0.29, 0.717) is 58.8 Å². The zero-order valence-electron chi connectivity index (χ0n) is 17.8. The quantitative estimate of drug-likeness (QED) is 0.578. The Bertz CT molecular complexity index is 1090. The number of amides is 1. The van der Waals surface area contributed by atoms with E-state index in [4.69, 9.17) is 37.4 Å². The smallest absolute Gasteiger partial charge is 0.246 e. The summed E-state index contributed by atoms with van der Waals surface area (Å²) in [5.74, 6) is 1.35. The Morgan fingerprint density at radius 1 is 1.09 bits per heavy atom. The van der Waals surface area contributed by atoms with Gasteiger partial charge in [0.05, 0.1) is 30.7 Å². The van der Waals surface area contributed by atoms with Crippen LogP contribution in [0.15, 0.2) is 36.4 Å². The van der Waals surface area contributed by atoms with Gasteiger partial charge in [-0.3, -0.25) is 9.59 Å². The van der Waals surface area contributed by atoms with Crippen LogP contribution in [0.4, 0.5) is 0 Å². The van der Waals surface area contributed by atoms with Gasteiger partial charge in [0.25, 0.3) is 0 Å². The molecule has 6 nitrogen and oxygen atoms in total. The Morgan fingerprint density at radius 3 is 2.50 bits per heavy atom. The van der Waals surface area contributed by atoms with E-state index in [1.807, 2.05) is 0 Å². The van der Waals surface area contributed by atoms with Crippen molar-refractivity contribution < 1.29 is 23.8 Å². The summed E-state index contributed by atoms with van der Waals surface area (Å²) in [4.78, 5) is 27.4. The first-order valence-corrected chi connectivity index (χ1v) is 11.0. The summed E-state index contributed by atoms with van der Waals surface area (Å²) in [6.45, 7) is 0.989. The normalized spacial score (nSPS) is 17.2. The molecule has 0 saturated carbocycles. The number of hydrogen-bond donors (Lipinski definition) is 0. The fraction of sp³-hybridized carbons (Fsp3) is 0.333. The maximum Gasteiger partial charge on any atom is 0.246 e. The molecule has 2 aromatic rings. The highest BCUT2D eigenvalue weighted by Crippen LogP contribution is 2.44. The van der Waals surface area contributed by atoms with Gasteiger partial charge in [-0.25, -0.2) is 0 Å². The number of carbonyl (C=O) groups excluding carboxylic acids is 2. The predicted octanol–water partition coefficient (Wildman–Crippen LogP) is 5.05. The van der Waals surface area contributed by atoms with Crippen LogP contribution in [0.3, 0.4) is 0 Å². The second kappa shape index (κ2) is 9.04. The topological polar surface area (TPSA) is 65.1 Å². The van der Waals surface area contributed by atoms with Crippen LogP contribution >= 0.6 is 23.2 Å². The van der Waals surface area contributed by atoms with Crippen LogP contribution in [0.25, 0.3) is 6.08 Å². The van der Waals surface area contributed by atoms with Crippen LogP contribution in [-0.2, 0) is 4.79 Å². The maximum atomic E-state index is 13.0. The fourth-order valence-electron chi connectivity index (χ4n) is 4.15. The molecule has 0 N–H and O–H groups in total. The van der Waals surface area contributed by atoms with Crippen molar-refractivity contribution >= 4 is 41.0 Å². The number of likely N-dealkylation sites (tertiary alicyclic amines) is 1. The Labute approximate surface area is 196 Å². The summed E-state index contributed by atoms with van der Waals surface area (Å²) in [7, 11) is 3.07. The third-order valence-corrected chi connectivity index (χ3v) is 6.67. The maximum absolute atomic E-state index is 13.0. The van der Waals surface area contributed by atoms with Crippen LogP contribution in [0.5, 0.6) is 17.2 Å². The van der Waals surface area contributed by atoms with Gasteiger partial charge in [-0.1, -0.05) is 29.3 Å². The van der Waals surface area contributed by atoms with Crippen LogP contribution in [0.1, 0.15) is 35.2 Å². The Hall–Kier alpha value is -2.70. The van der Waals surface area contributed by atoms with Gasteiger partial charge in [0.2, 0.25) is 5.91 Å². The van der Waals surface area contributed by atoms with Crippen molar-refractivity contribution in [3.05, 3.63) is 57.6 Å². The Kier molecular flexibility index (Phi) is 6.35. The van der Waals surface area contributed by atoms with Crippen LogP contribution in [0, 0.1) is 0 Å². The predicted molar refractivity (Wildman–Crippen MR) is 123 cm³/mol. The van der Waals surface area contributed by atoms with Gasteiger partial charge in [0.15, 0.2) is 5.78 Å². The summed E-state index contributed by atoms with van der Waals surface area (Å²) in [5.41, 5.74) is 0.606. The van der Waals surface area contributed by atoms with Gasteiger partial charge < -0.3 is 19.1 Å². The van der Waals surface area contributed by atoms with E-state index in [1.165, 1.54) is 13.2 Å². The van der Waals surface area contributed by atoms with Crippen molar-refractivity contribution in [2.24, 2.45) is 0 Å². The van der Waals surface area contributed by atoms with Gasteiger partial charge in [-0.05, 0) is 23.8 Å². The standard InChI is InChI=1S/C24H23Cl2NO5/c1-30-16-12-20(31-2)23-19(28)14-24(32-21(23)13-16)7-9-27(10-8-24)22(29)6-4-15-3-5-17(25)18(26)11-15/h3-6,11-13H,7-10,14H2,1-2H3/b6-4+. The summed E-state index contributed by atoms with van der Waals surface area (Å²) in [5, 5.41) is 0.907. The van der Waals surface area contributed by atoms with Crippen molar-refractivity contribution in [2.45, 2.75) is 24.9 Å². The number of methoxy groups -OCH3 is 2. The van der Waals surface area contributed by atoms with Crippen molar-refractivity contribution in [3.8, 4) is 17.2 Å². The Morgan fingerprint density at radius 2 is 1.84 bits per heavy atom. The number of benzene rings is 2. The molecule has 8 heteroatoms. The number of fused-ring (bicyclic) bond motifs is 1. The minimum atomic E-state index is -0.633. The number of carbonyl (C=O) groups is 2. The average Bonchev–Trinajstić information content (AvgIpc) is 2.79. The number of rotatable bonds is 4. The van der Waals surface area contributed by atoms with E-state index in [1.54, 1.807) is 48.4 Å². The molecule has 2 aromatic carbocycles. The number of nitrogens with zero attached hydrogens (tertiary/aromatic N) is 1. The molecule has 0 unspecified atom stereocenters. The van der Waals surface area contributed by atoms with E-state index in [-0.39, 0.29) is 18.1 Å². The lowest BCUT2D eigenvalue weighted by Crippen LogP contribution is -2.52. The largest absolute Gasteiger partial charge is 0.496 e. The highest BCUT2D eigenvalue weighted by molar-refractivity contribution is 6.42. The molecule has 2 aliphatic rings. The van der Waals surface area contributed by atoms with Gasteiger partial charge in [-0.2, -0.15) is 0 Å². The molecular weight excluding hydrogens is 453 g/mol. The molecule has 1 amide bonds. The first-order chi connectivity index (χ1) is 15.3. The molecule has 1 saturated heterocycles. The molecule has 1 spiro atoms. The number of Topliss-reactive ketones (excluding diaryl/α,β-unsaturated/α-hetero) is 1. The van der Waals surface area contributed by atoms with Crippen molar-refractivity contribution in [3.63, 3.8) is 0 Å². The molecule has 0 bridgehead atoms. The van der Waals surface area contributed by atoms with Gasteiger partial charge in [0.1, 0.15) is 28.4 Å². The average molecular weight is 476 g/mol. The molecule has 0 aromatic heterocycles. The molecular formula is C24H23Cl2NO5. The van der Waals surface area contributed by atoms with Crippen LogP contribution < -0.4 is 14.2 Å². The molecule has 2 heterocycles. The lowest BCUT2D eigenvalue weighted by atomic mass is 9.82. The van der Waals surface area contributed by atoms with Crippen molar-refractivity contribution in [1.82, 2.24) is 4.90 Å². The van der Waals surface area contributed by atoms with E-state index in [2.05, 4.69) is 0 Å². The van der Waals surface area contributed by atoms with Crippen molar-refractivity contribution in [2.75, 3.05) is 27.3 Å². The molecule has 0 aliphatic carbocycles. The summed E-state index contributed by atoms with van der Waals surface area (Å²) in [6, 6.07) is 8.59. The molecule has 0 radical (unpaired) electrons. The fourth-order valence-corrected chi connectivity index (χ4v) is 4.46. The van der Waals surface area contributed by atoms with Crippen LogP contribution in [-0.4, -0.2) is 49.5 Å². The minimum absolute atomic E-state index is 0.0231. The zero-order chi connectivity index (χ0) is 22.9. The second-order valence-electron chi connectivity index (χ2n) is 7.92. The zero-order valence-corrected chi connectivity index (χ0v) is 19.3. The third-order valence-electron chi connectivity index (χ3n) is 5.93. The first-order valence-electron chi connectivity index (χ1n) is 10.2. The molecule has 168 valence electrons. The number of piperidine rings is 1. The lowest BCUT2D eigenvalue weighted by Gasteiger charge is -2.44. The molecule has 1 fully saturated rings. The van der Waals surface area contributed by atoms with Gasteiger partial charge >= 0.3 is 0 Å². The number of hydrogen-bond acceptors (Lipinski definition) is 5. The van der Waals surface area contributed by atoms with E-state index >= 15 is 0 Å². The molecule has 32 heavy (non-hydrogen) atoms. The summed E-state index contributed by atoms with van der Waals surface area (Å²) < 4.78 is 17.0. The number of ether oxygens (including phenoxy) is 3. The molecule has 0 atom stereocenters. The van der Waals surface area contributed by atoms with Gasteiger partial charge in [0, 0.05) is 44.1 Å². The van der Waals surface area contributed by atoms with E-state index in [9.17, 15) is 9.59 Å². The highest BCUT2D eigenvalue weighted by atomic mass is 35.5. The van der Waals surface area contributed by atoms with E-state index < -0.39 is 5.60 Å². The first kappa shape index (κ1) is 22.5. The highest BCUT2D eigenvalue weighted by Gasteiger charge is 2.44. The monoisotopic (exact) mass is 475 g/mol. The van der Waals surface area contributed by atoms with Crippen LogP contribution in [0.2, 0.25) is 10.0 Å². The third kappa shape index (κ3) is 4.43. The SMILES string of the molecule is COc1cc(OC)c2c(c1)OC1(CCN(C(=O)/C=C/c3ccc(Cl)c(Cl)c3)CC1)CC2=O. The molecule has 2 aliphatic heterocycles. The number of halogens is 2. The summed E-state index contributed by atoms with van der Waals surface area (Å²) in [6.07, 6.45) is 4.61. The molecule has 4 rings (SSSR count). The summed E-state index contributed by atoms with van der Waals surface area (Å²) >= 11 is 12.0.